The Labute approximate surface area is 199 Å². The van der Waals surface area contributed by atoms with Crippen LogP contribution in [0.4, 0.5) is 0 Å². The van der Waals surface area contributed by atoms with Crippen molar-refractivity contribution in [3.8, 4) is 5.75 Å². The second-order valence-electron chi connectivity index (χ2n) is 15.8. The first-order valence-electron chi connectivity index (χ1n) is 13.3. The van der Waals surface area contributed by atoms with E-state index in [4.69, 9.17) is 11.6 Å². The van der Waals surface area contributed by atoms with Crippen molar-refractivity contribution in [2.75, 3.05) is 0 Å². The number of rotatable bonds is 2. The van der Waals surface area contributed by atoms with Crippen molar-refractivity contribution in [3.05, 3.63) is 28.8 Å². The van der Waals surface area contributed by atoms with Crippen LogP contribution in [-0.4, -0.2) is 5.11 Å². The molecule has 8 bridgehead atoms. The van der Waals surface area contributed by atoms with Gasteiger partial charge in [-0.05, 0) is 139 Å². The fraction of sp³-hybridized carbons (Fsp3) is 0.800. The summed E-state index contributed by atoms with van der Waals surface area (Å²) in [6.45, 7) is 10.6. The zero-order valence-corrected chi connectivity index (χ0v) is 21.4. The molecule has 32 heavy (non-hydrogen) atoms. The summed E-state index contributed by atoms with van der Waals surface area (Å²) in [5.41, 5.74) is 4.73. The van der Waals surface area contributed by atoms with Crippen LogP contribution in [0, 0.1) is 38.4 Å². The molecule has 1 aromatic carbocycles. The molecule has 0 saturated heterocycles. The molecule has 8 fully saturated rings. The quantitative estimate of drug-likeness (QED) is 0.475. The van der Waals surface area contributed by atoms with Crippen molar-refractivity contribution in [1.82, 2.24) is 0 Å². The Morgan fingerprint density at radius 3 is 1.81 bits per heavy atom. The monoisotopic (exact) mass is 452 g/mol. The highest BCUT2D eigenvalue weighted by Crippen LogP contribution is 2.83. The van der Waals surface area contributed by atoms with Crippen LogP contribution in [0.2, 0.25) is 5.02 Å². The molecule has 1 N–H and O–H groups in total. The van der Waals surface area contributed by atoms with Crippen molar-refractivity contribution < 1.29 is 5.11 Å². The van der Waals surface area contributed by atoms with Crippen LogP contribution >= 0.6 is 11.6 Å². The van der Waals surface area contributed by atoms with E-state index in [0.717, 1.165) is 5.92 Å². The third-order valence-electron chi connectivity index (χ3n) is 11.9. The van der Waals surface area contributed by atoms with Gasteiger partial charge in [0.2, 0.25) is 0 Å². The zero-order valence-electron chi connectivity index (χ0n) is 20.6. The number of phenolic OH excluding ortho intramolecular Hbond substituents is 1. The number of phenols is 1. The van der Waals surface area contributed by atoms with Gasteiger partial charge < -0.3 is 5.11 Å². The number of hydrogen-bond acceptors (Lipinski definition) is 1. The van der Waals surface area contributed by atoms with Crippen molar-refractivity contribution in [2.45, 2.75) is 110 Å². The van der Waals surface area contributed by atoms with E-state index in [1.165, 1.54) is 82.6 Å². The first kappa shape index (κ1) is 20.7. The summed E-state index contributed by atoms with van der Waals surface area (Å²) in [6.07, 6.45) is 17.3. The number of hydrogen-bond donors (Lipinski definition) is 1. The lowest BCUT2D eigenvalue weighted by atomic mass is 9.26. The molecule has 4 unspecified atom stereocenters. The minimum atomic E-state index is 0.231. The summed E-state index contributed by atoms with van der Waals surface area (Å²) in [5, 5.41) is 10.7. The summed E-state index contributed by atoms with van der Waals surface area (Å²) in [6, 6.07) is 6.21. The predicted octanol–water partition coefficient (Wildman–Crippen LogP) is 8.66. The highest BCUT2D eigenvalue weighted by molar-refractivity contribution is 6.32. The molecule has 0 aliphatic heterocycles. The van der Waals surface area contributed by atoms with E-state index < -0.39 is 0 Å². The molecule has 0 amide bonds. The van der Waals surface area contributed by atoms with Gasteiger partial charge in [0.1, 0.15) is 5.75 Å². The Kier molecular flexibility index (Phi) is 3.60. The molecule has 4 atom stereocenters. The Bertz CT molecular complexity index is 988. The molecule has 0 aromatic heterocycles. The minimum absolute atomic E-state index is 0.231. The molecule has 0 radical (unpaired) electrons. The summed E-state index contributed by atoms with van der Waals surface area (Å²) >= 11 is 6.50. The van der Waals surface area contributed by atoms with Gasteiger partial charge in [-0.2, -0.15) is 0 Å². The maximum absolute atomic E-state index is 10.2. The molecule has 0 heterocycles. The van der Waals surface area contributed by atoms with E-state index in [0.29, 0.717) is 37.5 Å². The lowest BCUT2D eigenvalue weighted by Crippen LogP contribution is -2.69. The Hall–Kier alpha value is -0.690. The lowest BCUT2D eigenvalue weighted by Gasteiger charge is -2.78. The van der Waals surface area contributed by atoms with Crippen LogP contribution in [0.5, 0.6) is 5.75 Å². The van der Waals surface area contributed by atoms with Crippen LogP contribution in [0.15, 0.2) is 18.2 Å². The fourth-order valence-corrected chi connectivity index (χ4v) is 13.6. The van der Waals surface area contributed by atoms with Crippen molar-refractivity contribution in [1.29, 1.82) is 0 Å². The molecule has 0 spiro atoms. The first-order valence-corrected chi connectivity index (χ1v) is 13.7. The van der Waals surface area contributed by atoms with Gasteiger partial charge in [0, 0.05) is 0 Å². The summed E-state index contributed by atoms with van der Waals surface area (Å²) in [4.78, 5) is 0. The largest absolute Gasteiger partial charge is 0.506 e. The van der Waals surface area contributed by atoms with Crippen molar-refractivity contribution >= 4 is 11.6 Å². The molecule has 8 aliphatic carbocycles. The molecule has 174 valence electrons. The molecule has 9 rings (SSSR count). The van der Waals surface area contributed by atoms with E-state index in [2.05, 4.69) is 39.8 Å². The fourth-order valence-electron chi connectivity index (χ4n) is 13.4. The van der Waals surface area contributed by atoms with Gasteiger partial charge in [0.15, 0.2) is 0 Å². The normalized spacial score (nSPS) is 57.3. The van der Waals surface area contributed by atoms with Crippen LogP contribution in [-0.2, 0) is 5.41 Å². The van der Waals surface area contributed by atoms with Crippen LogP contribution < -0.4 is 0 Å². The van der Waals surface area contributed by atoms with Gasteiger partial charge in [0.05, 0.1) is 5.02 Å². The van der Waals surface area contributed by atoms with Crippen LogP contribution in [0.25, 0.3) is 0 Å². The molecule has 1 nitrogen and oxygen atoms in total. The van der Waals surface area contributed by atoms with E-state index in [1.54, 1.807) is 0 Å². The average molecular weight is 453 g/mol. The summed E-state index contributed by atoms with van der Waals surface area (Å²) in [7, 11) is 0. The molecule has 1 aromatic rings. The Balaban J connectivity index is 1.40. The number of aromatic hydroxyl groups is 1. The molecule has 2 heteroatoms. The third kappa shape index (κ3) is 2.53. The number of halogens is 1. The van der Waals surface area contributed by atoms with Crippen LogP contribution in [0.1, 0.15) is 110 Å². The second kappa shape index (κ2) is 5.58. The predicted molar refractivity (Wildman–Crippen MR) is 131 cm³/mol. The zero-order chi connectivity index (χ0) is 22.4. The lowest BCUT2D eigenvalue weighted by molar-refractivity contribution is -0.270. The van der Waals surface area contributed by atoms with Gasteiger partial charge in [-0.25, -0.2) is 0 Å². The Morgan fingerprint density at radius 2 is 1.25 bits per heavy atom. The maximum atomic E-state index is 10.2. The van der Waals surface area contributed by atoms with Gasteiger partial charge in [0.25, 0.3) is 0 Å². The van der Waals surface area contributed by atoms with E-state index in [9.17, 15) is 5.11 Å². The average Bonchev–Trinajstić information content (AvgIpc) is 2.57. The summed E-state index contributed by atoms with van der Waals surface area (Å²) in [5.74, 6) is 1.20. The molecule has 8 saturated carbocycles. The van der Waals surface area contributed by atoms with E-state index in [1.807, 2.05) is 6.07 Å². The molecule has 8 aliphatic rings. The van der Waals surface area contributed by atoms with Gasteiger partial charge in [-0.15, -0.1) is 0 Å². The van der Waals surface area contributed by atoms with Crippen molar-refractivity contribution in [3.63, 3.8) is 0 Å². The highest BCUT2D eigenvalue weighted by atomic mass is 35.5. The van der Waals surface area contributed by atoms with Gasteiger partial charge >= 0.3 is 0 Å². The second-order valence-corrected chi connectivity index (χ2v) is 16.2. The maximum Gasteiger partial charge on any atom is 0.134 e. The molecular formula is C30H41ClO. The molecular weight excluding hydrogens is 412 g/mol. The SMILES string of the molecule is CC12CC3CC(C)(C1)CC(C14CC5(C)CC(C)(CC(c6ccc(O)c(Cl)c6)(C5)C1)C4)(C3)C2. The van der Waals surface area contributed by atoms with Crippen LogP contribution in [0.3, 0.4) is 0 Å². The standard InChI is InChI=1S/C30H41ClO/c1-24-8-20-9-25(2,11-24)16-29(10-20,15-24)30-17-26(3)12-27(4,18-30)14-28(13-26,19-30)21-5-6-23(32)22(31)7-21/h5-7,20,32H,8-19H2,1-4H3. The topological polar surface area (TPSA) is 20.2 Å². The number of benzene rings is 1. The van der Waals surface area contributed by atoms with E-state index >= 15 is 0 Å². The van der Waals surface area contributed by atoms with Crippen molar-refractivity contribution in [2.24, 2.45) is 38.4 Å². The van der Waals surface area contributed by atoms with Gasteiger partial charge in [-0.1, -0.05) is 45.4 Å². The minimum Gasteiger partial charge on any atom is -0.506 e. The summed E-state index contributed by atoms with van der Waals surface area (Å²) < 4.78 is 0. The highest BCUT2D eigenvalue weighted by Gasteiger charge is 2.74. The smallest absolute Gasteiger partial charge is 0.134 e. The van der Waals surface area contributed by atoms with E-state index in [-0.39, 0.29) is 11.2 Å². The van der Waals surface area contributed by atoms with Gasteiger partial charge in [-0.3, -0.25) is 0 Å². The Morgan fingerprint density at radius 1 is 0.688 bits per heavy atom. The third-order valence-corrected chi connectivity index (χ3v) is 12.2. The first-order chi connectivity index (χ1) is 14.8.